The molecule has 2 atom stereocenters. The molecule has 1 unspecified atom stereocenters. The number of aliphatic carboxylic acids is 1. The van der Waals surface area contributed by atoms with E-state index in [9.17, 15) is 9.90 Å². The van der Waals surface area contributed by atoms with Crippen LogP contribution in [0.3, 0.4) is 0 Å². The first-order valence-electron chi connectivity index (χ1n) is 8.35. The standard InChI is InChI=1S/C21H20Br2O3/c1-20(2)17(12-18(22)23)21(20,19(24)25)13-14-7-6-10-16(11-14)26-15-8-4-3-5-9-15/h3-12,17H,13H2,1-2H3,(H,24,25)/t17?,21-/m0/s1. The first-order chi connectivity index (χ1) is 12.3. The summed E-state index contributed by atoms with van der Waals surface area (Å²) in [5, 5.41) is 10.00. The van der Waals surface area contributed by atoms with Crippen molar-refractivity contribution in [2.24, 2.45) is 16.7 Å². The molecule has 136 valence electrons. The van der Waals surface area contributed by atoms with E-state index in [1.807, 2.05) is 74.5 Å². The molecule has 0 heterocycles. The highest BCUT2D eigenvalue weighted by atomic mass is 79.9. The Morgan fingerprint density at radius 2 is 1.77 bits per heavy atom. The topological polar surface area (TPSA) is 46.5 Å². The molecule has 2 aromatic carbocycles. The van der Waals surface area contributed by atoms with Gasteiger partial charge in [0, 0.05) is 5.92 Å². The molecule has 0 amide bonds. The van der Waals surface area contributed by atoms with Crippen LogP contribution >= 0.6 is 31.9 Å². The van der Waals surface area contributed by atoms with Crippen LogP contribution < -0.4 is 4.74 Å². The second kappa shape index (κ2) is 7.20. The van der Waals surface area contributed by atoms with Gasteiger partial charge in [0.25, 0.3) is 0 Å². The third kappa shape index (κ3) is 3.47. The third-order valence-corrected chi connectivity index (χ3v) is 5.94. The van der Waals surface area contributed by atoms with E-state index in [0.717, 1.165) is 14.7 Å². The number of carboxylic acids is 1. The van der Waals surface area contributed by atoms with Gasteiger partial charge in [-0.1, -0.05) is 50.3 Å². The monoisotopic (exact) mass is 478 g/mol. The Morgan fingerprint density at radius 1 is 1.12 bits per heavy atom. The maximum Gasteiger partial charge on any atom is 0.311 e. The molecule has 1 aliphatic carbocycles. The van der Waals surface area contributed by atoms with Crippen molar-refractivity contribution in [2.75, 3.05) is 0 Å². The fourth-order valence-corrected chi connectivity index (χ4v) is 4.39. The predicted molar refractivity (Wildman–Crippen MR) is 110 cm³/mol. The molecule has 0 aliphatic heterocycles. The summed E-state index contributed by atoms with van der Waals surface area (Å²) in [5.74, 6) is 0.647. The molecular weight excluding hydrogens is 460 g/mol. The molecule has 1 N–H and O–H groups in total. The van der Waals surface area contributed by atoms with Crippen LogP contribution in [0.5, 0.6) is 11.5 Å². The third-order valence-electron chi connectivity index (χ3n) is 5.41. The van der Waals surface area contributed by atoms with Crippen LogP contribution in [-0.4, -0.2) is 11.1 Å². The zero-order chi connectivity index (χ0) is 18.9. The average molecular weight is 480 g/mol. The van der Waals surface area contributed by atoms with Crippen LogP contribution in [0.4, 0.5) is 0 Å². The number of carboxylic acid groups (broad SMARTS) is 1. The number of carbonyl (C=O) groups is 1. The lowest BCUT2D eigenvalue weighted by Gasteiger charge is -2.16. The molecule has 1 saturated carbocycles. The van der Waals surface area contributed by atoms with Gasteiger partial charge >= 0.3 is 5.97 Å². The van der Waals surface area contributed by atoms with Crippen molar-refractivity contribution in [3.63, 3.8) is 0 Å². The van der Waals surface area contributed by atoms with Gasteiger partial charge in [-0.05, 0) is 73.5 Å². The highest BCUT2D eigenvalue weighted by Gasteiger charge is 2.74. The predicted octanol–water partition coefficient (Wildman–Crippen LogP) is 6.38. The second-order valence-electron chi connectivity index (χ2n) is 7.17. The Bertz CT molecular complexity index is 841. The van der Waals surface area contributed by atoms with E-state index in [1.165, 1.54) is 0 Å². The van der Waals surface area contributed by atoms with E-state index in [4.69, 9.17) is 4.74 Å². The number of benzene rings is 2. The summed E-state index contributed by atoms with van der Waals surface area (Å²) in [5.41, 5.74) is -0.205. The maximum atomic E-state index is 12.2. The molecule has 1 fully saturated rings. The second-order valence-corrected chi connectivity index (χ2v) is 9.94. The van der Waals surface area contributed by atoms with Crippen LogP contribution in [0.1, 0.15) is 19.4 Å². The van der Waals surface area contributed by atoms with E-state index in [1.54, 1.807) is 0 Å². The molecular formula is C21H20Br2O3. The van der Waals surface area contributed by atoms with Gasteiger partial charge in [0.2, 0.25) is 0 Å². The van der Waals surface area contributed by atoms with Gasteiger partial charge in [-0.3, -0.25) is 4.79 Å². The number of para-hydroxylation sites is 1. The van der Waals surface area contributed by atoms with Crippen molar-refractivity contribution in [3.05, 3.63) is 69.6 Å². The molecule has 0 radical (unpaired) electrons. The lowest BCUT2D eigenvalue weighted by Crippen LogP contribution is -2.24. The molecule has 3 rings (SSSR count). The smallest absolute Gasteiger partial charge is 0.311 e. The van der Waals surface area contributed by atoms with Crippen molar-refractivity contribution in [1.82, 2.24) is 0 Å². The molecule has 0 aromatic heterocycles. The van der Waals surface area contributed by atoms with Crippen molar-refractivity contribution < 1.29 is 14.6 Å². The number of allylic oxidation sites excluding steroid dienone is 1. The summed E-state index contributed by atoms with van der Waals surface area (Å²) in [6.07, 6.45) is 2.40. The molecule has 1 aliphatic rings. The summed E-state index contributed by atoms with van der Waals surface area (Å²) in [4.78, 5) is 12.2. The maximum absolute atomic E-state index is 12.2. The lowest BCUT2D eigenvalue weighted by atomic mass is 9.88. The number of hydrogen-bond donors (Lipinski definition) is 1. The Kier molecular flexibility index (Phi) is 5.31. The number of ether oxygens (including phenoxy) is 1. The zero-order valence-corrected chi connectivity index (χ0v) is 17.7. The fourth-order valence-electron chi connectivity index (χ4n) is 3.86. The molecule has 0 spiro atoms. The lowest BCUT2D eigenvalue weighted by molar-refractivity contribution is -0.145. The van der Waals surface area contributed by atoms with Gasteiger partial charge in [0.15, 0.2) is 0 Å². The van der Waals surface area contributed by atoms with Crippen LogP contribution in [-0.2, 0) is 11.2 Å². The average Bonchev–Trinajstić information content (AvgIpc) is 3.03. The minimum Gasteiger partial charge on any atom is -0.481 e. The van der Waals surface area contributed by atoms with Crippen LogP contribution in [0.15, 0.2) is 64.1 Å². The van der Waals surface area contributed by atoms with Gasteiger partial charge in [-0.2, -0.15) is 0 Å². The summed E-state index contributed by atoms with van der Waals surface area (Å²) < 4.78 is 6.67. The van der Waals surface area contributed by atoms with E-state index in [2.05, 4.69) is 31.9 Å². The molecule has 0 saturated heterocycles. The van der Waals surface area contributed by atoms with Crippen molar-refractivity contribution >= 4 is 37.8 Å². The molecule has 2 aromatic rings. The van der Waals surface area contributed by atoms with Crippen LogP contribution in [0, 0.1) is 16.7 Å². The highest BCUT2D eigenvalue weighted by molar-refractivity contribution is 9.28. The normalized spacial score (nSPS) is 23.2. The van der Waals surface area contributed by atoms with E-state index in [0.29, 0.717) is 12.2 Å². The van der Waals surface area contributed by atoms with Crippen LogP contribution in [0.25, 0.3) is 0 Å². The Balaban J connectivity index is 1.87. The first kappa shape index (κ1) is 19.2. The molecule has 3 nitrogen and oxygen atoms in total. The minimum atomic E-state index is -0.828. The van der Waals surface area contributed by atoms with Crippen molar-refractivity contribution in [3.8, 4) is 11.5 Å². The Hall–Kier alpha value is -1.59. The SMILES string of the molecule is CC1(C)C(C=C(Br)Br)[C@@]1(Cc1cccc(Oc2ccccc2)c1)C(=O)O. The molecule has 26 heavy (non-hydrogen) atoms. The van der Waals surface area contributed by atoms with Gasteiger partial charge in [0.05, 0.1) is 8.81 Å². The first-order valence-corrected chi connectivity index (χ1v) is 9.94. The zero-order valence-electron chi connectivity index (χ0n) is 14.6. The summed E-state index contributed by atoms with van der Waals surface area (Å²) in [7, 11) is 0. The Morgan fingerprint density at radius 3 is 2.38 bits per heavy atom. The van der Waals surface area contributed by atoms with Crippen molar-refractivity contribution in [2.45, 2.75) is 20.3 Å². The van der Waals surface area contributed by atoms with Gasteiger partial charge in [-0.25, -0.2) is 0 Å². The number of hydrogen-bond acceptors (Lipinski definition) is 2. The van der Waals surface area contributed by atoms with E-state index >= 15 is 0 Å². The molecule has 0 bridgehead atoms. The number of rotatable bonds is 6. The van der Waals surface area contributed by atoms with Crippen LogP contribution in [0.2, 0.25) is 0 Å². The Labute approximate surface area is 170 Å². The van der Waals surface area contributed by atoms with E-state index < -0.39 is 11.4 Å². The van der Waals surface area contributed by atoms with Crippen molar-refractivity contribution in [1.29, 1.82) is 0 Å². The van der Waals surface area contributed by atoms with Gasteiger partial charge in [-0.15, -0.1) is 0 Å². The van der Waals surface area contributed by atoms with Gasteiger partial charge in [0.1, 0.15) is 11.5 Å². The summed E-state index contributed by atoms with van der Waals surface area (Å²) in [6.45, 7) is 4.02. The minimum absolute atomic E-state index is 0.0556. The molecule has 5 heteroatoms. The summed E-state index contributed by atoms with van der Waals surface area (Å²) >= 11 is 6.73. The highest BCUT2D eigenvalue weighted by Crippen LogP contribution is 2.71. The fraction of sp³-hybridized carbons (Fsp3) is 0.286. The number of halogens is 2. The largest absolute Gasteiger partial charge is 0.481 e. The quantitative estimate of drug-likeness (QED) is 0.522. The summed E-state index contributed by atoms with van der Waals surface area (Å²) in [6, 6.07) is 17.2. The van der Waals surface area contributed by atoms with Gasteiger partial charge < -0.3 is 9.84 Å². The van der Waals surface area contributed by atoms with E-state index in [-0.39, 0.29) is 11.3 Å².